The summed E-state index contributed by atoms with van der Waals surface area (Å²) < 4.78 is 18.0. The second kappa shape index (κ2) is 11.2. The van der Waals surface area contributed by atoms with Crippen LogP contribution in [0.1, 0.15) is 57.8 Å². The Bertz CT molecular complexity index is 977. The van der Waals surface area contributed by atoms with Crippen LogP contribution in [0.4, 0.5) is 0 Å². The first-order valence-electron chi connectivity index (χ1n) is 13.3. The minimum Gasteiger partial charge on any atom is -0.489 e. The van der Waals surface area contributed by atoms with Crippen molar-refractivity contribution in [2.75, 3.05) is 32.8 Å². The van der Waals surface area contributed by atoms with E-state index in [9.17, 15) is 15.0 Å². The average molecular weight is 487 g/mol. The van der Waals surface area contributed by atoms with Gasteiger partial charge in [-0.2, -0.15) is 0 Å². The zero-order valence-corrected chi connectivity index (χ0v) is 20.4. The number of rotatable bonds is 9. The van der Waals surface area contributed by atoms with Crippen molar-refractivity contribution in [3.05, 3.63) is 18.2 Å². The second-order valence-corrected chi connectivity index (χ2v) is 10.8. The van der Waals surface area contributed by atoms with E-state index < -0.39 is 5.97 Å². The minimum absolute atomic E-state index is 0.135. The molecule has 35 heavy (non-hydrogen) atoms. The number of carboxylic acid groups (broad SMARTS) is 1. The number of hydrogen-bond acceptors (Lipinski definition) is 7. The van der Waals surface area contributed by atoms with Crippen molar-refractivity contribution in [2.45, 2.75) is 63.9 Å². The van der Waals surface area contributed by atoms with Gasteiger partial charge in [0.25, 0.3) is 5.88 Å². The first kappa shape index (κ1) is 24.4. The van der Waals surface area contributed by atoms with Crippen LogP contribution in [0.25, 0.3) is 11.0 Å². The zero-order valence-electron chi connectivity index (χ0n) is 20.4. The van der Waals surface area contributed by atoms with E-state index >= 15 is 0 Å². The van der Waals surface area contributed by atoms with Crippen molar-refractivity contribution >= 4 is 16.9 Å². The highest BCUT2D eigenvalue weighted by Gasteiger charge is 2.34. The SMILES string of the molecule is O=C(O)C1CCCC1CN1CCC(COc2noc3cccc(OC4CCC(CO)CC4)c23)CC1. The Hall–Kier alpha value is -2.32. The van der Waals surface area contributed by atoms with Crippen LogP contribution in [0, 0.1) is 23.7 Å². The lowest BCUT2D eigenvalue weighted by molar-refractivity contribution is -0.143. The fraction of sp³-hybridized carbons (Fsp3) is 0.704. The number of aliphatic hydroxyl groups is 1. The van der Waals surface area contributed by atoms with Crippen LogP contribution >= 0.6 is 0 Å². The summed E-state index contributed by atoms with van der Waals surface area (Å²) >= 11 is 0. The van der Waals surface area contributed by atoms with Gasteiger partial charge in [-0.25, -0.2) is 0 Å². The van der Waals surface area contributed by atoms with E-state index in [-0.39, 0.29) is 18.6 Å². The summed E-state index contributed by atoms with van der Waals surface area (Å²) in [7, 11) is 0. The average Bonchev–Trinajstić information content (AvgIpc) is 3.52. The molecular formula is C27H38N2O6. The second-order valence-electron chi connectivity index (χ2n) is 10.8. The molecular weight excluding hydrogens is 448 g/mol. The number of fused-ring (bicyclic) bond motifs is 1. The van der Waals surface area contributed by atoms with Crippen LogP contribution < -0.4 is 9.47 Å². The van der Waals surface area contributed by atoms with Gasteiger partial charge in [-0.05, 0) is 99.5 Å². The van der Waals surface area contributed by atoms with Crippen molar-refractivity contribution in [2.24, 2.45) is 23.7 Å². The van der Waals surface area contributed by atoms with E-state index in [1.807, 2.05) is 18.2 Å². The lowest BCUT2D eigenvalue weighted by Crippen LogP contribution is -2.40. The first-order valence-corrected chi connectivity index (χ1v) is 13.3. The molecule has 8 nitrogen and oxygen atoms in total. The molecule has 8 heteroatoms. The number of aliphatic hydroxyl groups excluding tert-OH is 1. The number of likely N-dealkylation sites (tertiary alicyclic amines) is 1. The van der Waals surface area contributed by atoms with Crippen molar-refractivity contribution in [1.29, 1.82) is 0 Å². The Balaban J connectivity index is 1.14. The smallest absolute Gasteiger partial charge is 0.306 e. The number of aromatic nitrogens is 1. The fourth-order valence-electron chi connectivity index (χ4n) is 6.19. The number of ether oxygens (including phenoxy) is 2. The highest BCUT2D eigenvalue weighted by molar-refractivity contribution is 5.88. The molecule has 5 rings (SSSR count). The van der Waals surface area contributed by atoms with Crippen LogP contribution in [0.5, 0.6) is 11.6 Å². The van der Waals surface area contributed by atoms with E-state index in [1.165, 1.54) is 0 Å². The molecule has 2 aliphatic carbocycles. The maximum Gasteiger partial charge on any atom is 0.306 e. The summed E-state index contributed by atoms with van der Waals surface area (Å²) in [5.74, 6) is 1.58. The van der Waals surface area contributed by atoms with Gasteiger partial charge < -0.3 is 29.1 Å². The van der Waals surface area contributed by atoms with Crippen LogP contribution in [0.15, 0.2) is 22.7 Å². The summed E-state index contributed by atoms with van der Waals surface area (Å²) in [4.78, 5) is 13.9. The monoisotopic (exact) mass is 486 g/mol. The van der Waals surface area contributed by atoms with Gasteiger partial charge in [-0.3, -0.25) is 4.79 Å². The minimum atomic E-state index is -0.628. The quantitative estimate of drug-likeness (QED) is 0.539. The van der Waals surface area contributed by atoms with Gasteiger partial charge in [0.1, 0.15) is 11.1 Å². The molecule has 1 aliphatic heterocycles. The maximum absolute atomic E-state index is 11.5. The lowest BCUT2D eigenvalue weighted by Gasteiger charge is -2.34. The molecule has 0 radical (unpaired) electrons. The molecule has 0 spiro atoms. The summed E-state index contributed by atoms with van der Waals surface area (Å²) in [6.45, 7) is 3.73. The third kappa shape index (κ3) is 5.75. The fourth-order valence-corrected chi connectivity index (χ4v) is 6.19. The van der Waals surface area contributed by atoms with E-state index in [0.717, 1.165) is 88.6 Å². The molecule has 0 bridgehead atoms. The number of hydrogen-bond donors (Lipinski definition) is 2. The van der Waals surface area contributed by atoms with Crippen molar-refractivity contribution in [3.8, 4) is 11.6 Å². The van der Waals surface area contributed by atoms with Crippen LogP contribution in [0.2, 0.25) is 0 Å². The molecule has 2 aromatic rings. The van der Waals surface area contributed by atoms with Gasteiger partial charge in [0.15, 0.2) is 5.58 Å². The van der Waals surface area contributed by atoms with E-state index in [4.69, 9.17) is 14.0 Å². The largest absolute Gasteiger partial charge is 0.489 e. The molecule has 1 saturated heterocycles. The van der Waals surface area contributed by atoms with E-state index in [1.54, 1.807) is 0 Å². The molecule has 3 fully saturated rings. The Morgan fingerprint density at radius 3 is 2.60 bits per heavy atom. The predicted molar refractivity (Wildman–Crippen MR) is 131 cm³/mol. The van der Waals surface area contributed by atoms with Crippen molar-refractivity contribution in [3.63, 3.8) is 0 Å². The Kier molecular flexibility index (Phi) is 7.78. The number of piperidine rings is 1. The van der Waals surface area contributed by atoms with Gasteiger partial charge in [-0.1, -0.05) is 12.5 Å². The standard InChI is InChI=1S/C27H38N2O6/c30-16-18-7-9-21(10-8-18)34-23-5-2-6-24-25(23)26(28-35-24)33-17-19-11-13-29(14-12-19)15-20-3-1-4-22(20)27(31)32/h2,5-6,18-22,30H,1,3-4,7-17H2,(H,31,32). The summed E-state index contributed by atoms with van der Waals surface area (Å²) in [5, 5.41) is 23.8. The molecule has 2 atom stereocenters. The first-order chi connectivity index (χ1) is 17.1. The van der Waals surface area contributed by atoms with Gasteiger partial charge in [-0.15, -0.1) is 0 Å². The van der Waals surface area contributed by atoms with Crippen molar-refractivity contribution < 1.29 is 29.0 Å². The van der Waals surface area contributed by atoms with Gasteiger partial charge in [0, 0.05) is 13.2 Å². The van der Waals surface area contributed by atoms with Crippen molar-refractivity contribution in [1.82, 2.24) is 10.1 Å². The third-order valence-electron chi connectivity index (χ3n) is 8.41. The summed E-state index contributed by atoms with van der Waals surface area (Å²) in [6, 6.07) is 5.76. The van der Waals surface area contributed by atoms with E-state index in [0.29, 0.717) is 35.8 Å². The van der Waals surface area contributed by atoms with Crippen LogP contribution in [-0.4, -0.2) is 65.2 Å². The molecule has 2 unspecified atom stereocenters. The maximum atomic E-state index is 11.5. The number of aliphatic carboxylic acids is 1. The molecule has 192 valence electrons. The van der Waals surface area contributed by atoms with Crippen LogP contribution in [0.3, 0.4) is 0 Å². The number of nitrogens with zero attached hydrogens (tertiary/aromatic N) is 2. The molecule has 2 N–H and O–H groups in total. The van der Waals surface area contributed by atoms with Gasteiger partial charge >= 0.3 is 5.97 Å². The molecule has 1 aromatic heterocycles. The Labute approximate surface area is 206 Å². The molecule has 3 aliphatic rings. The summed E-state index contributed by atoms with van der Waals surface area (Å²) in [5.41, 5.74) is 0.668. The van der Waals surface area contributed by atoms with E-state index in [2.05, 4.69) is 10.1 Å². The zero-order chi connectivity index (χ0) is 24.2. The molecule has 1 aromatic carbocycles. The molecule has 2 saturated carbocycles. The summed E-state index contributed by atoms with van der Waals surface area (Å²) in [6.07, 6.45) is 8.96. The number of carboxylic acids is 1. The normalized spacial score (nSPS) is 28.4. The lowest BCUT2D eigenvalue weighted by atomic mass is 9.88. The van der Waals surface area contributed by atoms with Gasteiger partial charge in [0.05, 0.1) is 18.6 Å². The highest BCUT2D eigenvalue weighted by Crippen LogP contribution is 2.37. The van der Waals surface area contributed by atoms with Gasteiger partial charge in [0.2, 0.25) is 0 Å². The number of benzene rings is 1. The topological polar surface area (TPSA) is 105 Å². The molecule has 2 heterocycles. The Morgan fingerprint density at radius 2 is 1.86 bits per heavy atom. The number of carbonyl (C=O) groups is 1. The molecule has 0 amide bonds. The highest BCUT2D eigenvalue weighted by atomic mass is 16.5. The van der Waals surface area contributed by atoms with Crippen LogP contribution in [-0.2, 0) is 4.79 Å². The predicted octanol–water partition coefficient (Wildman–Crippen LogP) is 4.35. The third-order valence-corrected chi connectivity index (χ3v) is 8.41. The Morgan fingerprint density at radius 1 is 1.06 bits per heavy atom.